The lowest BCUT2D eigenvalue weighted by molar-refractivity contribution is -0.385. The molecule has 1 atom stereocenters. The van der Waals surface area contributed by atoms with Crippen LogP contribution in [0.15, 0.2) is 53.4 Å². The fourth-order valence-electron chi connectivity index (χ4n) is 2.35. The summed E-state index contributed by atoms with van der Waals surface area (Å²) in [7, 11) is -4.21. The first-order chi connectivity index (χ1) is 11.8. The van der Waals surface area contributed by atoms with E-state index < -0.39 is 26.9 Å². The summed E-state index contributed by atoms with van der Waals surface area (Å²) >= 11 is 0. The molecule has 0 fully saturated rings. The fraction of sp³-hybridized carbons (Fsp3) is 0.188. The van der Waals surface area contributed by atoms with Gasteiger partial charge < -0.3 is 5.73 Å². The van der Waals surface area contributed by atoms with Crippen molar-refractivity contribution in [2.24, 2.45) is 5.73 Å². The van der Waals surface area contributed by atoms with Gasteiger partial charge in [-0.15, -0.1) is 0 Å². The average Bonchev–Trinajstić information content (AvgIpc) is 2.59. The number of hydrogen-bond donors (Lipinski definition) is 2. The number of nitro benzene ring substituents is 1. The quantitative estimate of drug-likeness (QED) is 0.570. The van der Waals surface area contributed by atoms with Crippen molar-refractivity contribution in [1.82, 2.24) is 4.72 Å². The molecule has 9 heteroatoms. The first kappa shape index (κ1) is 18.6. The summed E-state index contributed by atoms with van der Waals surface area (Å²) in [4.78, 5) is 21.8. The number of nitrogens with two attached hydrogens (primary N) is 1. The number of nitro groups is 1. The second kappa shape index (κ2) is 7.41. The van der Waals surface area contributed by atoms with E-state index in [-0.39, 0.29) is 10.6 Å². The second-order valence-corrected chi connectivity index (χ2v) is 6.95. The lowest BCUT2D eigenvalue weighted by Crippen LogP contribution is -2.37. The van der Waals surface area contributed by atoms with Crippen LogP contribution in [0.3, 0.4) is 0 Å². The number of nitrogens with zero attached hydrogens (tertiary/aromatic N) is 1. The molecule has 132 valence electrons. The number of carbonyl (C=O) groups excluding carboxylic acids is 1. The van der Waals surface area contributed by atoms with Gasteiger partial charge in [-0.25, -0.2) is 8.42 Å². The van der Waals surface area contributed by atoms with E-state index in [4.69, 9.17) is 5.73 Å². The highest BCUT2D eigenvalue weighted by Crippen LogP contribution is 2.24. The third kappa shape index (κ3) is 4.20. The van der Waals surface area contributed by atoms with Gasteiger partial charge in [0.1, 0.15) is 6.04 Å². The zero-order valence-electron chi connectivity index (χ0n) is 13.4. The van der Waals surface area contributed by atoms with Crippen LogP contribution in [0.2, 0.25) is 0 Å². The van der Waals surface area contributed by atoms with Gasteiger partial charge in [0, 0.05) is 12.1 Å². The molecule has 0 spiro atoms. The van der Waals surface area contributed by atoms with Gasteiger partial charge in [-0.05, 0) is 17.5 Å². The van der Waals surface area contributed by atoms with Crippen molar-refractivity contribution in [3.8, 4) is 0 Å². The van der Waals surface area contributed by atoms with Crippen LogP contribution in [0.1, 0.15) is 24.1 Å². The molecule has 3 N–H and O–H groups in total. The Balaban J connectivity index is 2.49. The van der Waals surface area contributed by atoms with Crippen LogP contribution in [0.25, 0.3) is 0 Å². The third-order valence-corrected chi connectivity index (χ3v) is 5.13. The number of primary amides is 1. The maximum atomic E-state index is 12.7. The number of benzene rings is 2. The van der Waals surface area contributed by atoms with Crippen LogP contribution in [-0.2, 0) is 21.2 Å². The van der Waals surface area contributed by atoms with Gasteiger partial charge in [-0.2, -0.15) is 4.72 Å². The van der Waals surface area contributed by atoms with Gasteiger partial charge in [-0.3, -0.25) is 14.9 Å². The van der Waals surface area contributed by atoms with Crippen LogP contribution in [0.4, 0.5) is 5.69 Å². The number of nitrogens with one attached hydrogen (secondary N) is 1. The highest BCUT2D eigenvalue weighted by atomic mass is 32.2. The lowest BCUT2D eigenvalue weighted by atomic mass is 10.1. The zero-order chi connectivity index (χ0) is 18.6. The molecule has 1 amide bonds. The highest BCUT2D eigenvalue weighted by molar-refractivity contribution is 7.89. The maximum Gasteiger partial charge on any atom is 0.270 e. The lowest BCUT2D eigenvalue weighted by Gasteiger charge is -2.17. The fourth-order valence-corrected chi connectivity index (χ4v) is 3.88. The molecule has 0 radical (unpaired) electrons. The van der Waals surface area contributed by atoms with Crippen LogP contribution in [0.5, 0.6) is 0 Å². The molecular formula is C16H17N3O5S. The minimum atomic E-state index is -4.21. The van der Waals surface area contributed by atoms with Crippen LogP contribution < -0.4 is 10.5 Å². The molecule has 0 heterocycles. The number of aryl methyl sites for hydroxylation is 1. The molecule has 2 aromatic carbocycles. The predicted octanol–water partition coefficient (Wildman–Crippen LogP) is 1.66. The Morgan fingerprint density at radius 3 is 2.40 bits per heavy atom. The van der Waals surface area contributed by atoms with Crippen molar-refractivity contribution in [2.75, 3.05) is 0 Å². The number of amides is 1. The van der Waals surface area contributed by atoms with Crippen molar-refractivity contribution in [2.45, 2.75) is 24.3 Å². The average molecular weight is 363 g/mol. The van der Waals surface area contributed by atoms with E-state index in [1.807, 2.05) is 0 Å². The summed E-state index contributed by atoms with van der Waals surface area (Å²) in [6.07, 6.45) is 0.348. The maximum absolute atomic E-state index is 12.7. The highest BCUT2D eigenvalue weighted by Gasteiger charge is 2.28. The summed E-state index contributed by atoms with van der Waals surface area (Å²) in [5.41, 5.74) is 5.75. The molecule has 0 bridgehead atoms. The van der Waals surface area contributed by atoms with Crippen molar-refractivity contribution in [3.63, 3.8) is 0 Å². The van der Waals surface area contributed by atoms with E-state index in [0.29, 0.717) is 17.5 Å². The monoisotopic (exact) mass is 363 g/mol. The van der Waals surface area contributed by atoms with E-state index in [1.54, 1.807) is 37.3 Å². The smallest absolute Gasteiger partial charge is 0.270 e. The van der Waals surface area contributed by atoms with E-state index in [1.165, 1.54) is 12.1 Å². The first-order valence-electron chi connectivity index (χ1n) is 7.40. The molecule has 0 aliphatic rings. The Hall–Kier alpha value is -2.78. The molecule has 0 aliphatic heterocycles. The van der Waals surface area contributed by atoms with Crippen LogP contribution in [-0.4, -0.2) is 19.2 Å². The molecule has 2 aromatic rings. The standard InChI is InChI=1S/C16H17N3O5S/c1-2-11-8-9-13(19(21)22)10-14(11)25(23,24)18-15(16(17)20)12-6-4-3-5-7-12/h3-10,15,18H,2H2,1H3,(H2,17,20). The molecule has 25 heavy (non-hydrogen) atoms. The summed E-state index contributed by atoms with van der Waals surface area (Å²) in [6.45, 7) is 1.73. The number of non-ortho nitro benzene ring substituents is 1. The molecule has 0 aromatic heterocycles. The first-order valence-corrected chi connectivity index (χ1v) is 8.88. The zero-order valence-corrected chi connectivity index (χ0v) is 14.2. The van der Waals surface area contributed by atoms with Gasteiger partial charge in [0.2, 0.25) is 15.9 Å². The molecule has 2 rings (SSSR count). The van der Waals surface area contributed by atoms with Gasteiger partial charge >= 0.3 is 0 Å². The Kier molecular flexibility index (Phi) is 5.50. The number of sulfonamides is 1. The predicted molar refractivity (Wildman–Crippen MR) is 91.2 cm³/mol. The van der Waals surface area contributed by atoms with Crippen LogP contribution >= 0.6 is 0 Å². The Morgan fingerprint density at radius 2 is 1.88 bits per heavy atom. The Bertz CT molecular complexity index is 897. The normalized spacial score (nSPS) is 12.5. The number of carbonyl (C=O) groups is 1. The van der Waals surface area contributed by atoms with E-state index in [2.05, 4.69) is 4.72 Å². The number of hydrogen-bond acceptors (Lipinski definition) is 5. The Labute approximate surface area is 144 Å². The summed E-state index contributed by atoms with van der Waals surface area (Å²) in [5, 5.41) is 10.9. The minimum Gasteiger partial charge on any atom is -0.368 e. The summed E-state index contributed by atoms with van der Waals surface area (Å²) < 4.78 is 27.7. The second-order valence-electron chi connectivity index (χ2n) is 5.27. The van der Waals surface area contributed by atoms with Gasteiger partial charge in [0.25, 0.3) is 5.69 Å². The SMILES string of the molecule is CCc1ccc([N+](=O)[O-])cc1S(=O)(=O)NC(C(N)=O)c1ccccc1. The van der Waals surface area contributed by atoms with Gasteiger partial charge in [0.05, 0.1) is 9.82 Å². The van der Waals surface area contributed by atoms with Crippen LogP contribution in [0, 0.1) is 10.1 Å². The number of rotatable bonds is 7. The molecule has 1 unspecified atom stereocenters. The van der Waals surface area contributed by atoms with Gasteiger partial charge in [0.15, 0.2) is 0 Å². The van der Waals surface area contributed by atoms with Crippen molar-refractivity contribution < 1.29 is 18.1 Å². The van der Waals surface area contributed by atoms with Gasteiger partial charge in [-0.1, -0.05) is 43.3 Å². The molecule has 0 saturated carbocycles. The third-order valence-electron chi connectivity index (χ3n) is 3.62. The molecule has 0 saturated heterocycles. The van der Waals surface area contributed by atoms with E-state index in [0.717, 1.165) is 6.07 Å². The minimum absolute atomic E-state index is 0.244. The van der Waals surface area contributed by atoms with E-state index >= 15 is 0 Å². The van der Waals surface area contributed by atoms with E-state index in [9.17, 15) is 23.3 Å². The largest absolute Gasteiger partial charge is 0.368 e. The molecule has 0 aliphatic carbocycles. The van der Waals surface area contributed by atoms with Crippen molar-refractivity contribution >= 4 is 21.6 Å². The summed E-state index contributed by atoms with van der Waals surface area (Å²) in [5.74, 6) is -0.877. The summed E-state index contributed by atoms with van der Waals surface area (Å²) in [6, 6.07) is 10.4. The molecule has 8 nitrogen and oxygen atoms in total. The van der Waals surface area contributed by atoms with Crippen molar-refractivity contribution in [1.29, 1.82) is 0 Å². The molecular weight excluding hydrogens is 346 g/mol. The van der Waals surface area contributed by atoms with Crippen molar-refractivity contribution in [3.05, 3.63) is 69.8 Å². The topological polar surface area (TPSA) is 132 Å². The Morgan fingerprint density at radius 1 is 1.24 bits per heavy atom.